The Morgan fingerprint density at radius 1 is 1.22 bits per heavy atom. The van der Waals surface area contributed by atoms with Crippen molar-refractivity contribution in [3.8, 4) is 0 Å². The van der Waals surface area contributed by atoms with Crippen LogP contribution in [0.5, 0.6) is 0 Å². The maximum Gasteiger partial charge on any atom is 0.333 e. The molecule has 13 heteroatoms. The number of ether oxygens (including phenoxy) is 1. The van der Waals surface area contributed by atoms with Gasteiger partial charge in [0.25, 0.3) is 5.91 Å². The molecule has 0 radical (unpaired) electrons. The van der Waals surface area contributed by atoms with E-state index in [-0.39, 0.29) is 17.5 Å². The number of nitrogens with zero attached hydrogens (tertiary/aromatic N) is 2. The maximum atomic E-state index is 11.8. The summed E-state index contributed by atoms with van der Waals surface area (Å²) < 4.78 is 6.23. The van der Waals surface area contributed by atoms with Gasteiger partial charge in [-0.1, -0.05) is 6.42 Å². The van der Waals surface area contributed by atoms with Crippen LogP contribution in [0, 0.1) is 11.8 Å². The minimum atomic E-state index is -1.79. The second-order valence-corrected chi connectivity index (χ2v) is 10.4. The highest BCUT2D eigenvalue weighted by atomic mass is 32.1. The predicted octanol–water partition coefficient (Wildman–Crippen LogP) is 0.352. The SMILES string of the molecule is COC1(c2ccc(C(N)=O)s2)C2CCCC1CN(CCN1CCNC1=O)C2.O=C(O)CC(O)C(=O)O. The van der Waals surface area contributed by atoms with Gasteiger partial charge in [-0.15, -0.1) is 11.3 Å². The Bertz CT molecular complexity index is 956. The summed E-state index contributed by atoms with van der Waals surface area (Å²) in [4.78, 5) is 48.9. The molecular weight excluding hydrogens is 492 g/mol. The van der Waals surface area contributed by atoms with Crippen LogP contribution < -0.4 is 11.1 Å². The van der Waals surface area contributed by atoms with E-state index >= 15 is 0 Å². The molecule has 2 aliphatic heterocycles. The number of carbonyl (C=O) groups excluding carboxylic acids is 2. The summed E-state index contributed by atoms with van der Waals surface area (Å²) in [5.74, 6) is -2.44. The van der Waals surface area contributed by atoms with Gasteiger partial charge < -0.3 is 40.9 Å². The van der Waals surface area contributed by atoms with E-state index in [0.717, 1.165) is 57.0 Å². The number of aliphatic hydroxyl groups excluding tert-OH is 1. The topological polar surface area (TPSA) is 183 Å². The Hall–Kier alpha value is -2.74. The van der Waals surface area contributed by atoms with Crippen molar-refractivity contribution in [1.82, 2.24) is 15.1 Å². The minimum absolute atomic E-state index is 0.0519. The molecular formula is C23H34N4O8S. The van der Waals surface area contributed by atoms with Crippen molar-refractivity contribution < 1.29 is 39.2 Å². The Balaban J connectivity index is 0.000000345. The highest BCUT2D eigenvalue weighted by molar-refractivity contribution is 7.14. The number of methoxy groups -OCH3 is 1. The van der Waals surface area contributed by atoms with Crippen LogP contribution in [-0.4, -0.2) is 101 Å². The van der Waals surface area contributed by atoms with E-state index in [9.17, 15) is 19.2 Å². The van der Waals surface area contributed by atoms with Crippen LogP contribution in [0.25, 0.3) is 0 Å². The number of fused-ring (bicyclic) bond motifs is 2. The van der Waals surface area contributed by atoms with Crippen molar-refractivity contribution in [2.24, 2.45) is 17.6 Å². The second-order valence-electron chi connectivity index (χ2n) is 9.28. The molecule has 4 rings (SSSR count). The molecule has 1 saturated carbocycles. The van der Waals surface area contributed by atoms with Gasteiger partial charge in [0.15, 0.2) is 6.10 Å². The van der Waals surface area contributed by atoms with Gasteiger partial charge in [0, 0.05) is 63.1 Å². The van der Waals surface area contributed by atoms with E-state index in [4.69, 9.17) is 25.8 Å². The number of nitrogens with two attached hydrogens (primary N) is 1. The minimum Gasteiger partial charge on any atom is -0.481 e. The molecule has 1 aromatic rings. The van der Waals surface area contributed by atoms with E-state index in [0.29, 0.717) is 16.7 Å². The number of carbonyl (C=O) groups is 4. The van der Waals surface area contributed by atoms with Crippen LogP contribution in [0.2, 0.25) is 0 Å². The summed E-state index contributed by atoms with van der Waals surface area (Å²) >= 11 is 1.48. The summed E-state index contributed by atoms with van der Waals surface area (Å²) in [7, 11) is 1.80. The summed E-state index contributed by atoms with van der Waals surface area (Å²) in [6, 6.07) is 3.91. The molecule has 3 atom stereocenters. The number of aliphatic carboxylic acids is 2. The van der Waals surface area contributed by atoms with Crippen molar-refractivity contribution in [3.63, 3.8) is 0 Å². The summed E-state index contributed by atoms with van der Waals surface area (Å²) in [6.07, 6.45) is 0.915. The molecule has 6 N–H and O–H groups in total. The molecule has 3 amide bonds. The lowest BCUT2D eigenvalue weighted by Gasteiger charge is -2.55. The van der Waals surface area contributed by atoms with Crippen molar-refractivity contribution in [2.45, 2.75) is 37.4 Å². The lowest BCUT2D eigenvalue weighted by molar-refractivity contribution is -0.166. The first-order valence-electron chi connectivity index (χ1n) is 11.9. The molecule has 3 heterocycles. The Kier molecular flexibility index (Phi) is 9.28. The number of piperidine rings is 1. The Labute approximate surface area is 213 Å². The Morgan fingerprint density at radius 3 is 2.33 bits per heavy atom. The second kappa shape index (κ2) is 12.0. The van der Waals surface area contributed by atoms with Gasteiger partial charge in [0.2, 0.25) is 0 Å². The molecule has 12 nitrogen and oxygen atoms in total. The van der Waals surface area contributed by atoms with E-state index < -0.39 is 24.5 Å². The van der Waals surface area contributed by atoms with Gasteiger partial charge in [0.05, 0.1) is 11.3 Å². The summed E-state index contributed by atoms with van der Waals surface area (Å²) in [5.41, 5.74) is 5.15. The number of nitrogens with one attached hydrogen (secondary N) is 1. The number of rotatable bonds is 9. The third-order valence-electron chi connectivity index (χ3n) is 7.13. The zero-order valence-electron chi connectivity index (χ0n) is 20.2. The first kappa shape index (κ1) is 27.8. The van der Waals surface area contributed by atoms with Gasteiger partial charge in [-0.2, -0.15) is 0 Å². The smallest absolute Gasteiger partial charge is 0.333 e. The molecule has 2 bridgehead atoms. The zero-order chi connectivity index (χ0) is 26.5. The van der Waals surface area contributed by atoms with Crippen LogP contribution >= 0.6 is 11.3 Å². The predicted molar refractivity (Wildman–Crippen MR) is 130 cm³/mol. The molecule has 36 heavy (non-hydrogen) atoms. The van der Waals surface area contributed by atoms with Crippen LogP contribution in [0.15, 0.2) is 12.1 Å². The number of aliphatic hydroxyl groups is 1. The summed E-state index contributed by atoms with van der Waals surface area (Å²) in [5, 5.41) is 27.0. The van der Waals surface area contributed by atoms with Crippen molar-refractivity contribution in [1.29, 1.82) is 0 Å². The number of thiophene rings is 1. The maximum absolute atomic E-state index is 11.8. The van der Waals surface area contributed by atoms with Crippen molar-refractivity contribution in [2.75, 3.05) is 46.4 Å². The summed E-state index contributed by atoms with van der Waals surface area (Å²) in [6.45, 7) is 5.14. The van der Waals surface area contributed by atoms with Crippen molar-refractivity contribution >= 4 is 35.2 Å². The average molecular weight is 527 g/mol. The first-order valence-corrected chi connectivity index (χ1v) is 12.7. The first-order chi connectivity index (χ1) is 17.1. The van der Waals surface area contributed by atoms with Crippen LogP contribution in [0.3, 0.4) is 0 Å². The standard InChI is InChI=1S/C19H28N4O3S.C4H6O5/c1-26-19(16-6-5-15(27-16)17(20)24)13-3-2-4-14(19)12-22(11-13)9-10-23-8-7-21-18(23)25;5-2(4(8)9)1-3(6)7/h5-6,13-14H,2-4,7-12H2,1H3,(H2,20,24)(H,21,25);2,5H,1H2,(H,6,7)(H,8,9). The van der Waals surface area contributed by atoms with E-state index in [2.05, 4.69) is 10.2 Å². The van der Waals surface area contributed by atoms with Crippen LogP contribution in [0.4, 0.5) is 4.79 Å². The third kappa shape index (κ3) is 6.14. The molecule has 3 unspecified atom stereocenters. The number of hydrogen-bond donors (Lipinski definition) is 5. The number of likely N-dealkylation sites (tertiary alicyclic amines) is 1. The molecule has 3 fully saturated rings. The highest BCUT2D eigenvalue weighted by Crippen LogP contribution is 2.53. The number of amides is 3. The van der Waals surface area contributed by atoms with Crippen LogP contribution in [-0.2, 0) is 19.9 Å². The molecule has 1 aliphatic carbocycles. The van der Waals surface area contributed by atoms with Gasteiger partial charge in [0.1, 0.15) is 5.60 Å². The van der Waals surface area contributed by atoms with Crippen molar-refractivity contribution in [3.05, 3.63) is 21.9 Å². The Morgan fingerprint density at radius 2 is 1.89 bits per heavy atom. The fourth-order valence-corrected chi connectivity index (χ4v) is 6.65. The monoisotopic (exact) mass is 526 g/mol. The number of primary amides is 1. The molecule has 0 aromatic carbocycles. The third-order valence-corrected chi connectivity index (χ3v) is 8.36. The lowest BCUT2D eigenvalue weighted by atomic mass is 9.64. The van der Waals surface area contributed by atoms with Gasteiger partial charge in [-0.3, -0.25) is 9.59 Å². The number of carboxylic acids is 2. The van der Waals surface area contributed by atoms with E-state index in [1.807, 2.05) is 17.0 Å². The number of urea groups is 1. The average Bonchev–Trinajstić information content (AvgIpc) is 3.46. The lowest BCUT2D eigenvalue weighted by Crippen LogP contribution is -2.59. The molecule has 200 valence electrons. The fraction of sp³-hybridized carbons (Fsp3) is 0.652. The molecule has 3 aliphatic rings. The van der Waals surface area contributed by atoms with Crippen LogP contribution in [0.1, 0.15) is 40.2 Å². The molecule has 0 spiro atoms. The largest absolute Gasteiger partial charge is 0.481 e. The highest BCUT2D eigenvalue weighted by Gasteiger charge is 2.54. The molecule has 1 aromatic heterocycles. The van der Waals surface area contributed by atoms with Gasteiger partial charge >= 0.3 is 18.0 Å². The number of hydrogen-bond acceptors (Lipinski definition) is 8. The normalized spacial score (nSPS) is 26.5. The number of carboxylic acid groups (broad SMARTS) is 2. The van der Waals surface area contributed by atoms with Gasteiger partial charge in [-0.25, -0.2) is 9.59 Å². The van der Waals surface area contributed by atoms with E-state index in [1.54, 1.807) is 7.11 Å². The fourth-order valence-electron chi connectivity index (χ4n) is 5.46. The quantitative estimate of drug-likeness (QED) is 0.303. The van der Waals surface area contributed by atoms with Gasteiger partial charge in [-0.05, 0) is 25.0 Å². The molecule has 2 saturated heterocycles. The zero-order valence-corrected chi connectivity index (χ0v) is 21.0. The van der Waals surface area contributed by atoms with E-state index in [1.165, 1.54) is 17.8 Å².